The number of benzene rings is 2. The Bertz CT molecular complexity index is 811. The average Bonchev–Trinajstić information content (AvgIpc) is 2.58. The molecule has 0 fully saturated rings. The normalized spacial score (nSPS) is 10.8. The minimum Gasteiger partial charge on any atom is -0.503 e. The van der Waals surface area contributed by atoms with Crippen molar-refractivity contribution < 1.29 is 14.6 Å². The molecule has 0 heterocycles. The first-order valence-electron chi connectivity index (χ1n) is 7.18. The number of hydrogen-bond donors (Lipinski definition) is 2. The molecule has 0 spiro atoms. The molecule has 0 aromatic heterocycles. The van der Waals surface area contributed by atoms with E-state index in [1.165, 1.54) is 6.08 Å². The number of anilines is 1. The number of nitrogens with one attached hydrogen (secondary N) is 1. The van der Waals surface area contributed by atoms with E-state index < -0.39 is 5.91 Å². The molecule has 0 aliphatic carbocycles. The van der Waals surface area contributed by atoms with Gasteiger partial charge in [0.05, 0.1) is 11.1 Å². The fraction of sp³-hybridized carbons (Fsp3) is 0.111. The molecular weight excluding hydrogens is 372 g/mol. The van der Waals surface area contributed by atoms with Gasteiger partial charge in [0.25, 0.3) is 5.91 Å². The van der Waals surface area contributed by atoms with Crippen molar-refractivity contribution in [2.45, 2.75) is 6.92 Å². The molecule has 0 radical (unpaired) electrons. The molecule has 122 valence electrons. The second kappa shape index (κ2) is 8.18. The highest BCUT2D eigenvalue weighted by atomic mass is 79.9. The molecule has 0 saturated carbocycles. The highest BCUT2D eigenvalue weighted by Crippen LogP contribution is 2.36. The van der Waals surface area contributed by atoms with E-state index in [2.05, 4.69) is 21.2 Å². The highest BCUT2D eigenvalue weighted by molar-refractivity contribution is 9.10. The molecule has 1 amide bonds. The Kier molecular flexibility index (Phi) is 5.99. The standard InChI is InChI=1S/C18H15BrN2O3/c1-2-24-16-10-12(9-15(19)17(16)22)8-13(11-20)18(23)21-14-6-4-3-5-7-14/h3-10,22H,2H2,1H3,(H,21,23)/b13-8+. The molecule has 0 atom stereocenters. The molecule has 0 unspecified atom stereocenters. The van der Waals surface area contributed by atoms with Crippen LogP contribution in [0.2, 0.25) is 0 Å². The number of nitrogens with zero attached hydrogens (tertiary/aromatic N) is 1. The zero-order chi connectivity index (χ0) is 17.5. The lowest BCUT2D eigenvalue weighted by atomic mass is 10.1. The second-order valence-corrected chi connectivity index (χ2v) is 5.63. The van der Waals surface area contributed by atoms with E-state index in [9.17, 15) is 15.2 Å². The van der Waals surface area contributed by atoms with Gasteiger partial charge in [-0.15, -0.1) is 0 Å². The Morgan fingerprint density at radius 1 is 1.38 bits per heavy atom. The number of nitriles is 1. The molecule has 6 heteroatoms. The van der Waals surface area contributed by atoms with Crippen LogP contribution in [0.5, 0.6) is 11.5 Å². The molecule has 0 saturated heterocycles. The summed E-state index contributed by atoms with van der Waals surface area (Å²) in [7, 11) is 0. The van der Waals surface area contributed by atoms with Gasteiger partial charge in [0.15, 0.2) is 11.5 Å². The summed E-state index contributed by atoms with van der Waals surface area (Å²) >= 11 is 3.23. The summed E-state index contributed by atoms with van der Waals surface area (Å²) in [5.74, 6) is -0.258. The minimum atomic E-state index is -0.508. The first-order chi connectivity index (χ1) is 11.5. The fourth-order valence-electron chi connectivity index (χ4n) is 1.98. The van der Waals surface area contributed by atoms with Crippen molar-refractivity contribution in [2.75, 3.05) is 11.9 Å². The zero-order valence-corrected chi connectivity index (χ0v) is 14.5. The molecule has 2 rings (SSSR count). The fourth-order valence-corrected chi connectivity index (χ4v) is 2.44. The van der Waals surface area contributed by atoms with Gasteiger partial charge >= 0.3 is 0 Å². The molecule has 0 aliphatic rings. The first-order valence-corrected chi connectivity index (χ1v) is 7.98. The Balaban J connectivity index is 2.30. The van der Waals surface area contributed by atoms with Crippen molar-refractivity contribution in [2.24, 2.45) is 0 Å². The SMILES string of the molecule is CCOc1cc(/C=C(\C#N)C(=O)Nc2ccccc2)cc(Br)c1O. The lowest BCUT2D eigenvalue weighted by molar-refractivity contribution is -0.112. The predicted molar refractivity (Wildman–Crippen MR) is 95.6 cm³/mol. The van der Waals surface area contributed by atoms with Gasteiger partial charge < -0.3 is 15.2 Å². The first kappa shape index (κ1) is 17.6. The summed E-state index contributed by atoms with van der Waals surface area (Å²) < 4.78 is 5.75. The molecule has 5 nitrogen and oxygen atoms in total. The largest absolute Gasteiger partial charge is 0.503 e. The van der Waals surface area contributed by atoms with E-state index in [1.54, 1.807) is 43.3 Å². The maximum absolute atomic E-state index is 12.2. The van der Waals surface area contributed by atoms with Gasteiger partial charge in [-0.1, -0.05) is 18.2 Å². The third-order valence-electron chi connectivity index (χ3n) is 3.06. The highest BCUT2D eigenvalue weighted by Gasteiger charge is 2.12. The Labute approximate surface area is 148 Å². The van der Waals surface area contributed by atoms with Gasteiger partial charge in [0.2, 0.25) is 0 Å². The van der Waals surface area contributed by atoms with Crippen LogP contribution in [-0.4, -0.2) is 17.6 Å². The van der Waals surface area contributed by atoms with Crippen molar-refractivity contribution in [1.82, 2.24) is 0 Å². The van der Waals surface area contributed by atoms with Gasteiger partial charge in [0.1, 0.15) is 11.6 Å². The van der Waals surface area contributed by atoms with Crippen LogP contribution in [-0.2, 0) is 4.79 Å². The lowest BCUT2D eigenvalue weighted by Gasteiger charge is -2.09. The third kappa shape index (κ3) is 4.37. The molecule has 2 aromatic carbocycles. The number of ether oxygens (including phenoxy) is 1. The van der Waals surface area contributed by atoms with E-state index in [0.29, 0.717) is 22.3 Å². The molecule has 2 N–H and O–H groups in total. The third-order valence-corrected chi connectivity index (χ3v) is 3.66. The van der Waals surface area contributed by atoms with Crippen LogP contribution in [0.3, 0.4) is 0 Å². The monoisotopic (exact) mass is 386 g/mol. The van der Waals surface area contributed by atoms with E-state index in [-0.39, 0.29) is 17.1 Å². The molecule has 2 aromatic rings. The lowest BCUT2D eigenvalue weighted by Crippen LogP contribution is -2.13. The number of para-hydroxylation sites is 1. The summed E-state index contributed by atoms with van der Waals surface area (Å²) in [5, 5.41) is 21.8. The van der Waals surface area contributed by atoms with Crippen molar-refractivity contribution in [3.63, 3.8) is 0 Å². The quantitative estimate of drug-likeness (QED) is 0.598. The van der Waals surface area contributed by atoms with Gasteiger partial charge in [0, 0.05) is 5.69 Å². The van der Waals surface area contributed by atoms with Crippen LogP contribution >= 0.6 is 15.9 Å². The number of carbonyl (C=O) groups excluding carboxylic acids is 1. The zero-order valence-electron chi connectivity index (χ0n) is 12.9. The van der Waals surface area contributed by atoms with Crippen LogP contribution in [0.25, 0.3) is 6.08 Å². The topological polar surface area (TPSA) is 82.3 Å². The number of carbonyl (C=O) groups is 1. The Morgan fingerprint density at radius 3 is 2.71 bits per heavy atom. The number of hydrogen-bond acceptors (Lipinski definition) is 4. The number of halogens is 1. The van der Waals surface area contributed by atoms with Gasteiger partial charge in [-0.05, 0) is 58.8 Å². The Hall–Kier alpha value is -2.78. The number of amides is 1. The number of aromatic hydroxyl groups is 1. The van der Waals surface area contributed by atoms with E-state index in [4.69, 9.17) is 4.74 Å². The number of rotatable bonds is 5. The molecule has 0 aliphatic heterocycles. The summed E-state index contributed by atoms with van der Waals surface area (Å²) in [6.45, 7) is 2.18. The molecule has 0 bridgehead atoms. The summed E-state index contributed by atoms with van der Waals surface area (Å²) in [6, 6.07) is 13.9. The Morgan fingerprint density at radius 2 is 2.08 bits per heavy atom. The van der Waals surface area contributed by atoms with Crippen LogP contribution in [0, 0.1) is 11.3 Å². The van der Waals surface area contributed by atoms with Crippen molar-refractivity contribution >= 4 is 33.6 Å². The minimum absolute atomic E-state index is 0.0266. The van der Waals surface area contributed by atoms with Crippen molar-refractivity contribution in [3.8, 4) is 17.6 Å². The summed E-state index contributed by atoms with van der Waals surface area (Å²) in [4.78, 5) is 12.2. The second-order valence-electron chi connectivity index (χ2n) is 4.77. The van der Waals surface area contributed by atoms with E-state index >= 15 is 0 Å². The van der Waals surface area contributed by atoms with E-state index in [1.807, 2.05) is 12.1 Å². The molecule has 24 heavy (non-hydrogen) atoms. The van der Waals surface area contributed by atoms with Crippen LogP contribution in [0.4, 0.5) is 5.69 Å². The summed E-state index contributed by atoms with van der Waals surface area (Å²) in [5.41, 5.74) is 1.10. The van der Waals surface area contributed by atoms with Crippen LogP contribution < -0.4 is 10.1 Å². The molecular formula is C18H15BrN2O3. The summed E-state index contributed by atoms with van der Waals surface area (Å²) in [6.07, 6.45) is 1.44. The van der Waals surface area contributed by atoms with Crippen molar-refractivity contribution in [1.29, 1.82) is 5.26 Å². The number of phenolic OH excluding ortho intramolecular Hbond substituents is 1. The van der Waals surface area contributed by atoms with Gasteiger partial charge in [-0.2, -0.15) is 5.26 Å². The maximum atomic E-state index is 12.2. The predicted octanol–water partition coefficient (Wildman–Crippen LogP) is 4.10. The van der Waals surface area contributed by atoms with E-state index in [0.717, 1.165) is 0 Å². The van der Waals surface area contributed by atoms with Crippen LogP contribution in [0.1, 0.15) is 12.5 Å². The smallest absolute Gasteiger partial charge is 0.266 e. The average molecular weight is 387 g/mol. The van der Waals surface area contributed by atoms with Gasteiger partial charge in [-0.3, -0.25) is 4.79 Å². The number of phenols is 1. The van der Waals surface area contributed by atoms with Crippen molar-refractivity contribution in [3.05, 3.63) is 58.1 Å². The van der Waals surface area contributed by atoms with Gasteiger partial charge in [-0.25, -0.2) is 0 Å². The van der Waals surface area contributed by atoms with Crippen LogP contribution in [0.15, 0.2) is 52.5 Å². The maximum Gasteiger partial charge on any atom is 0.266 e.